The molecule has 166 valence electrons. The van der Waals surface area contributed by atoms with Crippen molar-refractivity contribution in [1.82, 2.24) is 14.7 Å². The molecule has 2 fully saturated rings. The van der Waals surface area contributed by atoms with Gasteiger partial charge >= 0.3 is 0 Å². The van der Waals surface area contributed by atoms with Gasteiger partial charge in [-0.05, 0) is 96.9 Å². The monoisotopic (exact) mass is 395 g/mol. The molecule has 1 N–H and O–H groups in total. The molecule has 4 heteroatoms. The lowest BCUT2D eigenvalue weighted by Crippen LogP contribution is -2.39. The minimum atomic E-state index is 0.353. The van der Waals surface area contributed by atoms with Crippen molar-refractivity contribution in [3.05, 3.63) is 0 Å². The Kier molecular flexibility index (Phi) is 11.4. The molecule has 4 atom stereocenters. The van der Waals surface area contributed by atoms with Crippen molar-refractivity contribution in [2.45, 2.75) is 64.2 Å². The largest absolute Gasteiger partial charge is 0.396 e. The third kappa shape index (κ3) is 8.69. The van der Waals surface area contributed by atoms with Gasteiger partial charge in [0, 0.05) is 32.8 Å². The summed E-state index contributed by atoms with van der Waals surface area (Å²) in [7, 11) is 8.94. The molecule has 2 aliphatic carbocycles. The topological polar surface area (TPSA) is 30.0 Å². The highest BCUT2D eigenvalue weighted by Crippen LogP contribution is 2.36. The first-order valence-corrected chi connectivity index (χ1v) is 12.1. The maximum Gasteiger partial charge on any atom is 0.0431 e. The molecule has 4 unspecified atom stereocenters. The van der Waals surface area contributed by atoms with E-state index in [1.54, 1.807) is 0 Å². The lowest BCUT2D eigenvalue weighted by molar-refractivity contribution is 0.143. The van der Waals surface area contributed by atoms with Crippen LogP contribution in [0.15, 0.2) is 0 Å². The van der Waals surface area contributed by atoms with E-state index < -0.39 is 0 Å². The van der Waals surface area contributed by atoms with E-state index >= 15 is 0 Å². The average molecular weight is 396 g/mol. The predicted octanol–water partition coefficient (Wildman–Crippen LogP) is 3.80. The molecule has 0 aliphatic heterocycles. The summed E-state index contributed by atoms with van der Waals surface area (Å²) in [6.45, 7) is 6.80. The zero-order valence-corrected chi connectivity index (χ0v) is 19.4. The van der Waals surface area contributed by atoms with Crippen molar-refractivity contribution in [3.63, 3.8) is 0 Å². The van der Waals surface area contributed by atoms with Crippen molar-refractivity contribution in [1.29, 1.82) is 0 Å². The molecule has 2 saturated carbocycles. The van der Waals surface area contributed by atoms with Gasteiger partial charge in [0.2, 0.25) is 0 Å². The lowest BCUT2D eigenvalue weighted by atomic mass is 9.92. The Labute approximate surface area is 175 Å². The van der Waals surface area contributed by atoms with E-state index in [-0.39, 0.29) is 0 Å². The molecular weight excluding hydrogens is 346 g/mol. The molecule has 2 rings (SSSR count). The SMILES string of the molecule is CN(C)CC1CCCC1CN(CCCCCCO)CC1CCCC1CN(C)C. The van der Waals surface area contributed by atoms with Crippen LogP contribution in [0.4, 0.5) is 0 Å². The highest BCUT2D eigenvalue weighted by molar-refractivity contribution is 4.85. The Bertz CT molecular complexity index is 371. The summed E-state index contributed by atoms with van der Waals surface area (Å²) in [5, 5.41) is 9.04. The van der Waals surface area contributed by atoms with E-state index in [1.807, 2.05) is 0 Å². The second kappa shape index (κ2) is 13.2. The number of hydrogen-bond donors (Lipinski definition) is 1. The van der Waals surface area contributed by atoms with Crippen molar-refractivity contribution in [3.8, 4) is 0 Å². The molecule has 0 aromatic heterocycles. The van der Waals surface area contributed by atoms with Crippen molar-refractivity contribution >= 4 is 0 Å². The number of rotatable bonds is 14. The summed E-state index contributed by atoms with van der Waals surface area (Å²) in [6, 6.07) is 0. The van der Waals surface area contributed by atoms with Gasteiger partial charge in [-0.25, -0.2) is 0 Å². The maximum absolute atomic E-state index is 9.04. The second-order valence-electron chi connectivity index (χ2n) is 10.3. The molecule has 0 spiro atoms. The molecule has 2 aliphatic rings. The lowest BCUT2D eigenvalue weighted by Gasteiger charge is -2.33. The second-order valence-corrected chi connectivity index (χ2v) is 10.3. The molecule has 0 aromatic rings. The van der Waals surface area contributed by atoms with Gasteiger partial charge in [0.1, 0.15) is 0 Å². The Morgan fingerprint density at radius 3 is 1.46 bits per heavy atom. The van der Waals surface area contributed by atoms with Crippen LogP contribution in [0.3, 0.4) is 0 Å². The van der Waals surface area contributed by atoms with E-state index in [0.717, 1.165) is 30.1 Å². The van der Waals surface area contributed by atoms with Crippen LogP contribution in [0, 0.1) is 23.7 Å². The number of aliphatic hydroxyl groups excluding tert-OH is 1. The molecule has 0 radical (unpaired) electrons. The van der Waals surface area contributed by atoms with Gasteiger partial charge in [-0.2, -0.15) is 0 Å². The van der Waals surface area contributed by atoms with E-state index in [9.17, 15) is 0 Å². The van der Waals surface area contributed by atoms with Gasteiger partial charge < -0.3 is 19.8 Å². The summed E-state index contributed by atoms with van der Waals surface area (Å²) >= 11 is 0. The van der Waals surface area contributed by atoms with Crippen LogP contribution in [0.25, 0.3) is 0 Å². The zero-order chi connectivity index (χ0) is 20.4. The van der Waals surface area contributed by atoms with E-state index in [1.165, 1.54) is 90.5 Å². The summed E-state index contributed by atoms with van der Waals surface area (Å²) in [5.41, 5.74) is 0. The fourth-order valence-corrected chi connectivity index (χ4v) is 5.85. The molecule has 0 amide bonds. The van der Waals surface area contributed by atoms with Gasteiger partial charge in [0.15, 0.2) is 0 Å². The number of hydrogen-bond acceptors (Lipinski definition) is 4. The molecule has 0 saturated heterocycles. The predicted molar refractivity (Wildman–Crippen MR) is 121 cm³/mol. The summed E-state index contributed by atoms with van der Waals surface area (Å²) < 4.78 is 0. The normalized spacial score (nSPS) is 28.3. The first-order valence-electron chi connectivity index (χ1n) is 12.1. The van der Waals surface area contributed by atoms with Gasteiger partial charge in [-0.3, -0.25) is 0 Å². The van der Waals surface area contributed by atoms with Crippen LogP contribution in [0.2, 0.25) is 0 Å². The van der Waals surface area contributed by atoms with Crippen molar-refractivity contribution < 1.29 is 5.11 Å². The summed E-state index contributed by atoms with van der Waals surface area (Å²) in [6.07, 6.45) is 13.3. The molecule has 0 aromatic carbocycles. The third-order valence-electron chi connectivity index (χ3n) is 7.20. The van der Waals surface area contributed by atoms with Crippen LogP contribution in [-0.2, 0) is 0 Å². The van der Waals surface area contributed by atoms with Crippen LogP contribution in [-0.4, -0.2) is 87.3 Å². The highest BCUT2D eigenvalue weighted by Gasteiger charge is 2.32. The minimum absolute atomic E-state index is 0.353. The first kappa shape index (κ1) is 24.1. The van der Waals surface area contributed by atoms with Crippen LogP contribution in [0.5, 0.6) is 0 Å². The quantitative estimate of drug-likeness (QED) is 0.453. The van der Waals surface area contributed by atoms with E-state index in [0.29, 0.717) is 6.61 Å². The summed E-state index contributed by atoms with van der Waals surface area (Å²) in [4.78, 5) is 7.65. The Morgan fingerprint density at radius 2 is 1.04 bits per heavy atom. The van der Waals surface area contributed by atoms with Crippen LogP contribution < -0.4 is 0 Å². The van der Waals surface area contributed by atoms with Gasteiger partial charge in [0.25, 0.3) is 0 Å². The molecule has 0 bridgehead atoms. The fourth-order valence-electron chi connectivity index (χ4n) is 5.85. The number of aliphatic hydroxyl groups is 1. The number of unbranched alkanes of at least 4 members (excludes halogenated alkanes) is 3. The maximum atomic E-state index is 9.04. The van der Waals surface area contributed by atoms with Crippen molar-refractivity contribution in [2.75, 3.05) is 67.5 Å². The van der Waals surface area contributed by atoms with Crippen molar-refractivity contribution in [2.24, 2.45) is 23.7 Å². The first-order chi connectivity index (χ1) is 13.5. The van der Waals surface area contributed by atoms with E-state index in [4.69, 9.17) is 5.11 Å². The Balaban J connectivity index is 1.90. The standard InChI is InChI=1S/C24H49N3O/c1-25(2)17-21-11-9-13-23(21)19-27(15-7-5-6-8-16-28)20-24-14-10-12-22(24)18-26(3)4/h21-24,28H,5-20H2,1-4H3. The van der Waals surface area contributed by atoms with Crippen LogP contribution in [0.1, 0.15) is 64.2 Å². The zero-order valence-electron chi connectivity index (χ0n) is 19.4. The summed E-state index contributed by atoms with van der Waals surface area (Å²) in [5.74, 6) is 3.59. The average Bonchev–Trinajstić information content (AvgIpc) is 3.23. The molecule has 0 heterocycles. The molecule has 28 heavy (non-hydrogen) atoms. The van der Waals surface area contributed by atoms with Gasteiger partial charge in [-0.15, -0.1) is 0 Å². The van der Waals surface area contributed by atoms with Crippen LogP contribution >= 0.6 is 0 Å². The smallest absolute Gasteiger partial charge is 0.0431 e. The number of nitrogens with zero attached hydrogens (tertiary/aromatic N) is 3. The Hall–Kier alpha value is -0.160. The van der Waals surface area contributed by atoms with E-state index in [2.05, 4.69) is 42.9 Å². The van der Waals surface area contributed by atoms with Gasteiger partial charge in [-0.1, -0.05) is 25.7 Å². The third-order valence-corrected chi connectivity index (χ3v) is 7.20. The highest BCUT2D eigenvalue weighted by atomic mass is 16.2. The fraction of sp³-hybridized carbons (Fsp3) is 1.00. The molecule has 4 nitrogen and oxygen atoms in total. The molecular formula is C24H49N3O. The minimum Gasteiger partial charge on any atom is -0.396 e. The van der Waals surface area contributed by atoms with Gasteiger partial charge in [0.05, 0.1) is 0 Å². The Morgan fingerprint density at radius 1 is 0.607 bits per heavy atom.